The van der Waals surface area contributed by atoms with Gasteiger partial charge < -0.3 is 4.57 Å². The van der Waals surface area contributed by atoms with Crippen LogP contribution in [0.1, 0.15) is 25.0 Å². The van der Waals surface area contributed by atoms with Crippen LogP contribution < -0.4 is 5.56 Å². The van der Waals surface area contributed by atoms with Crippen molar-refractivity contribution in [3.63, 3.8) is 0 Å². The summed E-state index contributed by atoms with van der Waals surface area (Å²) in [6.45, 7) is 4.70. The van der Waals surface area contributed by atoms with Gasteiger partial charge in [-0.15, -0.1) is 0 Å². The second-order valence-electron chi connectivity index (χ2n) is 15.7. The number of nitrogens with zero attached hydrogens (tertiary/aromatic N) is 2. The van der Waals surface area contributed by atoms with Crippen molar-refractivity contribution in [2.24, 2.45) is 0 Å². The molecule has 0 radical (unpaired) electrons. The third-order valence-electron chi connectivity index (χ3n) is 12.5. The van der Waals surface area contributed by atoms with E-state index in [4.69, 9.17) is 0 Å². The maximum atomic E-state index is 14.2. The van der Waals surface area contributed by atoms with Gasteiger partial charge in [-0.05, 0) is 104 Å². The van der Waals surface area contributed by atoms with Crippen molar-refractivity contribution in [1.82, 2.24) is 8.97 Å². The average molecular weight is 703 g/mol. The Hall–Kier alpha value is -6.97. The lowest BCUT2D eigenvalue weighted by Gasteiger charge is -2.21. The quantitative estimate of drug-likeness (QED) is 0.168. The molecule has 12 rings (SSSR count). The van der Waals surface area contributed by atoms with Crippen molar-refractivity contribution >= 4 is 59.8 Å². The van der Waals surface area contributed by atoms with Crippen molar-refractivity contribution in [2.45, 2.75) is 19.3 Å². The van der Waals surface area contributed by atoms with Crippen LogP contribution in [0, 0.1) is 0 Å². The zero-order valence-corrected chi connectivity index (χ0v) is 30.5. The molecule has 0 bridgehead atoms. The summed E-state index contributed by atoms with van der Waals surface area (Å²) in [6, 6.07) is 61.0. The molecule has 0 aliphatic heterocycles. The Kier molecular flexibility index (Phi) is 5.99. The lowest BCUT2D eigenvalue weighted by Crippen LogP contribution is -2.14. The molecule has 258 valence electrons. The highest BCUT2D eigenvalue weighted by atomic mass is 16.1. The third kappa shape index (κ3) is 4.07. The van der Waals surface area contributed by atoms with Gasteiger partial charge in [0, 0.05) is 43.4 Å². The van der Waals surface area contributed by atoms with E-state index in [-0.39, 0.29) is 11.0 Å². The topological polar surface area (TPSA) is 26.4 Å². The molecule has 0 spiro atoms. The van der Waals surface area contributed by atoms with Crippen LogP contribution in [0.15, 0.2) is 175 Å². The van der Waals surface area contributed by atoms with Crippen LogP contribution in [0.4, 0.5) is 0 Å². The molecule has 0 amide bonds. The highest BCUT2D eigenvalue weighted by Crippen LogP contribution is 2.51. The van der Waals surface area contributed by atoms with E-state index >= 15 is 0 Å². The summed E-state index contributed by atoms with van der Waals surface area (Å²) >= 11 is 0. The third-order valence-corrected chi connectivity index (χ3v) is 12.5. The molecule has 0 saturated heterocycles. The van der Waals surface area contributed by atoms with E-state index in [1.54, 1.807) is 0 Å². The first-order valence-corrected chi connectivity index (χ1v) is 19.1. The minimum absolute atomic E-state index is 0.0225. The largest absolute Gasteiger partial charge is 0.309 e. The fourth-order valence-corrected chi connectivity index (χ4v) is 9.81. The van der Waals surface area contributed by atoms with Crippen molar-refractivity contribution in [3.8, 4) is 39.1 Å². The molecule has 0 unspecified atom stereocenters. The zero-order valence-electron chi connectivity index (χ0n) is 30.5. The highest BCUT2D eigenvalue weighted by molar-refractivity contribution is 6.21. The second-order valence-corrected chi connectivity index (χ2v) is 15.7. The summed E-state index contributed by atoms with van der Waals surface area (Å²) in [5, 5.41) is 7.55. The molecule has 11 aromatic rings. The lowest BCUT2D eigenvalue weighted by molar-refractivity contribution is 0.661. The molecule has 1 aliphatic rings. The van der Waals surface area contributed by atoms with Crippen molar-refractivity contribution in [1.29, 1.82) is 0 Å². The Balaban J connectivity index is 1.01. The predicted molar refractivity (Wildman–Crippen MR) is 230 cm³/mol. The molecule has 3 heterocycles. The van der Waals surface area contributed by atoms with Crippen LogP contribution in [0.2, 0.25) is 0 Å². The number of benzene rings is 8. The second kappa shape index (κ2) is 10.8. The molecule has 3 aromatic heterocycles. The molecule has 55 heavy (non-hydrogen) atoms. The minimum Gasteiger partial charge on any atom is -0.309 e. The van der Waals surface area contributed by atoms with Crippen molar-refractivity contribution in [3.05, 3.63) is 191 Å². The van der Waals surface area contributed by atoms with Gasteiger partial charge in [-0.1, -0.05) is 129 Å². The summed E-state index contributed by atoms with van der Waals surface area (Å²) in [5.41, 5.74) is 15.4. The Labute approximate surface area is 317 Å². The van der Waals surface area contributed by atoms with Crippen molar-refractivity contribution in [2.75, 3.05) is 0 Å². The Morgan fingerprint density at radius 2 is 1.04 bits per heavy atom. The van der Waals surface area contributed by atoms with E-state index < -0.39 is 0 Å². The molecule has 3 nitrogen and oxygen atoms in total. The number of pyridine rings is 1. The smallest absolute Gasteiger partial charge is 0.263 e. The number of aromatic nitrogens is 2. The van der Waals surface area contributed by atoms with Crippen LogP contribution in [0.3, 0.4) is 0 Å². The molecule has 0 N–H and O–H groups in total. The number of rotatable bonds is 3. The van der Waals surface area contributed by atoms with Gasteiger partial charge in [0.15, 0.2) is 0 Å². The first-order valence-electron chi connectivity index (χ1n) is 19.1. The fourth-order valence-electron chi connectivity index (χ4n) is 9.81. The van der Waals surface area contributed by atoms with E-state index in [1.165, 1.54) is 44.1 Å². The zero-order chi connectivity index (χ0) is 36.6. The van der Waals surface area contributed by atoms with Gasteiger partial charge in [-0.3, -0.25) is 9.20 Å². The van der Waals surface area contributed by atoms with Gasteiger partial charge in [-0.2, -0.15) is 0 Å². The number of fused-ring (bicyclic) bond motifs is 11. The molecule has 0 saturated carbocycles. The Morgan fingerprint density at radius 3 is 1.87 bits per heavy atom. The molecule has 1 aliphatic carbocycles. The Morgan fingerprint density at radius 1 is 0.400 bits per heavy atom. The number of para-hydroxylation sites is 2. The monoisotopic (exact) mass is 702 g/mol. The van der Waals surface area contributed by atoms with Crippen LogP contribution in [-0.2, 0) is 5.41 Å². The first kappa shape index (κ1) is 30.5. The molecule has 8 aromatic carbocycles. The van der Waals surface area contributed by atoms with Crippen LogP contribution in [0.5, 0.6) is 0 Å². The Bertz CT molecular complexity index is 3460. The van der Waals surface area contributed by atoms with Gasteiger partial charge in [0.2, 0.25) is 0 Å². The number of hydrogen-bond acceptors (Lipinski definition) is 1. The van der Waals surface area contributed by atoms with E-state index in [0.29, 0.717) is 0 Å². The maximum absolute atomic E-state index is 14.2. The van der Waals surface area contributed by atoms with E-state index in [0.717, 1.165) is 65.9 Å². The SMILES string of the molecule is CC1(C)c2ccccc2-c2cc3c(cc21)c1ccccc1n3-c1ccc(-c2ccc3c(c2)c2cccc4c5cc(-c6ccccc6)ccc5c(=O)n3c42)cc1. The van der Waals surface area contributed by atoms with Gasteiger partial charge in [0.1, 0.15) is 0 Å². The van der Waals surface area contributed by atoms with Crippen LogP contribution in [0.25, 0.3) is 98.8 Å². The summed E-state index contributed by atoms with van der Waals surface area (Å²) in [6.07, 6.45) is 0. The standard InChI is InChI=1S/C52H34N2O/c1-52(2)45-17-8-6-13-36(45)42-30-49-44(29-46(42)52)37-14-7-9-18-47(37)53(49)35-23-19-32(20-24-35)34-22-26-48-43(28-34)39-16-10-15-38-41-27-33(31-11-4-3-5-12-31)21-25-40(41)51(55)54(48)50(38)39/h3-30H,1-2H3. The summed E-state index contributed by atoms with van der Waals surface area (Å²) < 4.78 is 4.35. The highest BCUT2D eigenvalue weighted by Gasteiger charge is 2.36. The molecule has 3 heteroatoms. The molecular weight excluding hydrogens is 669 g/mol. The van der Waals surface area contributed by atoms with Gasteiger partial charge in [-0.25, -0.2) is 0 Å². The van der Waals surface area contributed by atoms with Gasteiger partial charge in [0.05, 0.1) is 22.1 Å². The average Bonchev–Trinajstić information content (AvgIpc) is 3.82. The van der Waals surface area contributed by atoms with E-state index in [2.05, 4.69) is 176 Å². The summed E-state index contributed by atoms with van der Waals surface area (Å²) in [4.78, 5) is 14.2. The molecular formula is C52H34N2O. The van der Waals surface area contributed by atoms with Crippen molar-refractivity contribution < 1.29 is 0 Å². The van der Waals surface area contributed by atoms with Crippen LogP contribution >= 0.6 is 0 Å². The van der Waals surface area contributed by atoms with Gasteiger partial charge >= 0.3 is 0 Å². The van der Waals surface area contributed by atoms with E-state index in [1.807, 2.05) is 16.5 Å². The fraction of sp³-hybridized carbons (Fsp3) is 0.0577. The molecule has 0 atom stereocenters. The lowest BCUT2D eigenvalue weighted by atomic mass is 9.82. The number of hydrogen-bond donors (Lipinski definition) is 0. The molecule has 0 fully saturated rings. The van der Waals surface area contributed by atoms with E-state index in [9.17, 15) is 4.79 Å². The maximum Gasteiger partial charge on any atom is 0.263 e. The normalized spacial score (nSPS) is 13.5. The van der Waals surface area contributed by atoms with Gasteiger partial charge in [0.25, 0.3) is 5.56 Å². The van der Waals surface area contributed by atoms with Crippen LogP contribution in [-0.4, -0.2) is 8.97 Å². The predicted octanol–water partition coefficient (Wildman–Crippen LogP) is 12.9. The summed E-state index contributed by atoms with van der Waals surface area (Å²) in [5.74, 6) is 0. The first-order chi connectivity index (χ1) is 27.0. The summed E-state index contributed by atoms with van der Waals surface area (Å²) in [7, 11) is 0. The minimum atomic E-state index is -0.0547.